The normalized spacial score (nSPS) is 11.5. The van der Waals surface area contributed by atoms with Crippen LogP contribution in [0.15, 0.2) is 50.5 Å². The van der Waals surface area contributed by atoms with Crippen LogP contribution in [0.5, 0.6) is 0 Å². The maximum Gasteiger partial charge on any atom is 0.271 e. The zero-order valence-electron chi connectivity index (χ0n) is 11.7. The van der Waals surface area contributed by atoms with Crippen molar-refractivity contribution in [1.82, 2.24) is 10.1 Å². The van der Waals surface area contributed by atoms with E-state index in [-0.39, 0.29) is 4.21 Å². The Labute approximate surface area is 131 Å². The molecule has 0 saturated carbocycles. The number of aryl methyl sites for hydroxylation is 1. The van der Waals surface area contributed by atoms with Crippen molar-refractivity contribution >= 4 is 27.0 Å². The molecule has 0 aliphatic carbocycles. The molecule has 1 aromatic carbocycles. The van der Waals surface area contributed by atoms with Gasteiger partial charge >= 0.3 is 0 Å². The first-order valence-corrected chi connectivity index (χ1v) is 8.84. The summed E-state index contributed by atoms with van der Waals surface area (Å²) in [4.78, 5) is 4.14. The Hall–Kier alpha value is -2.19. The van der Waals surface area contributed by atoms with Crippen LogP contribution in [0, 0.1) is 6.92 Å². The van der Waals surface area contributed by atoms with Crippen molar-refractivity contribution in [2.75, 3.05) is 4.72 Å². The van der Waals surface area contributed by atoms with Crippen LogP contribution in [0.3, 0.4) is 0 Å². The lowest BCUT2D eigenvalue weighted by Crippen LogP contribution is -2.13. The van der Waals surface area contributed by atoms with Gasteiger partial charge in [-0.3, -0.25) is 4.72 Å². The van der Waals surface area contributed by atoms with E-state index in [2.05, 4.69) is 14.9 Å². The lowest BCUT2D eigenvalue weighted by atomic mass is 10.1. The van der Waals surface area contributed by atoms with Crippen LogP contribution in [-0.4, -0.2) is 18.6 Å². The number of nitrogens with one attached hydrogen (secondary N) is 1. The predicted molar refractivity (Wildman–Crippen MR) is 83.4 cm³/mol. The van der Waals surface area contributed by atoms with Gasteiger partial charge in [0, 0.05) is 0 Å². The molecule has 0 spiro atoms. The first-order chi connectivity index (χ1) is 10.5. The predicted octanol–water partition coefficient (Wildman–Crippen LogP) is 2.83. The van der Waals surface area contributed by atoms with Crippen LogP contribution >= 0.6 is 11.3 Å². The van der Waals surface area contributed by atoms with Crippen LogP contribution in [0.1, 0.15) is 17.3 Å². The SMILES string of the molecule is Cc1noc(Cc2ccccc2NS(=O)(=O)c2cccs2)n1. The molecule has 0 bridgehead atoms. The number of anilines is 1. The van der Waals surface area contributed by atoms with Crippen LogP contribution in [-0.2, 0) is 16.4 Å². The molecule has 1 N–H and O–H groups in total. The third-order valence-corrected chi connectivity index (χ3v) is 5.70. The summed E-state index contributed by atoms with van der Waals surface area (Å²) < 4.78 is 32.6. The molecule has 0 unspecified atom stereocenters. The lowest BCUT2D eigenvalue weighted by Gasteiger charge is -2.10. The third kappa shape index (κ3) is 3.18. The average molecular weight is 335 g/mol. The largest absolute Gasteiger partial charge is 0.339 e. The van der Waals surface area contributed by atoms with Crippen LogP contribution in [0.25, 0.3) is 0 Å². The molecule has 0 atom stereocenters. The zero-order chi connectivity index (χ0) is 15.6. The van der Waals surface area contributed by atoms with Gasteiger partial charge in [-0.2, -0.15) is 4.98 Å². The van der Waals surface area contributed by atoms with Crippen molar-refractivity contribution in [3.63, 3.8) is 0 Å². The van der Waals surface area contributed by atoms with Crippen molar-refractivity contribution < 1.29 is 12.9 Å². The summed E-state index contributed by atoms with van der Waals surface area (Å²) in [5.74, 6) is 0.993. The minimum atomic E-state index is -3.58. The number of para-hydroxylation sites is 1. The smallest absolute Gasteiger partial charge is 0.271 e. The van der Waals surface area contributed by atoms with Gasteiger partial charge in [-0.05, 0) is 30.0 Å². The zero-order valence-corrected chi connectivity index (χ0v) is 13.3. The van der Waals surface area contributed by atoms with E-state index >= 15 is 0 Å². The van der Waals surface area contributed by atoms with Crippen LogP contribution < -0.4 is 4.72 Å². The molecule has 114 valence electrons. The summed E-state index contributed by atoms with van der Waals surface area (Å²) in [5.41, 5.74) is 1.28. The second-order valence-corrected chi connectivity index (χ2v) is 7.46. The second kappa shape index (κ2) is 5.90. The molecular formula is C14H13N3O3S2. The molecule has 0 aliphatic heterocycles. The maximum atomic E-state index is 12.3. The van der Waals surface area contributed by atoms with Crippen LogP contribution in [0.2, 0.25) is 0 Å². The molecule has 0 saturated heterocycles. The number of aromatic nitrogens is 2. The lowest BCUT2D eigenvalue weighted by molar-refractivity contribution is 0.381. The molecule has 2 aromatic heterocycles. The second-order valence-electron chi connectivity index (χ2n) is 4.61. The van der Waals surface area contributed by atoms with Gasteiger partial charge in [0.15, 0.2) is 5.82 Å². The van der Waals surface area contributed by atoms with E-state index in [0.29, 0.717) is 23.8 Å². The van der Waals surface area contributed by atoms with Gasteiger partial charge < -0.3 is 4.52 Å². The Morgan fingerprint density at radius 1 is 1.23 bits per heavy atom. The summed E-state index contributed by atoms with van der Waals surface area (Å²) in [6.07, 6.45) is 0.365. The number of hydrogen-bond donors (Lipinski definition) is 1. The average Bonchev–Trinajstić information content (AvgIpc) is 3.13. The molecule has 8 heteroatoms. The standard InChI is InChI=1S/C14H13N3O3S2/c1-10-15-13(20-16-10)9-11-5-2-3-6-12(11)17-22(18,19)14-7-4-8-21-14/h2-8,17H,9H2,1H3. The fraction of sp³-hybridized carbons (Fsp3) is 0.143. The van der Waals surface area contributed by atoms with E-state index < -0.39 is 10.0 Å². The highest BCUT2D eigenvalue weighted by Gasteiger charge is 2.17. The van der Waals surface area contributed by atoms with Crippen LogP contribution in [0.4, 0.5) is 5.69 Å². The molecule has 2 heterocycles. The summed E-state index contributed by atoms with van der Waals surface area (Å²) in [7, 11) is -3.58. The maximum absolute atomic E-state index is 12.3. The topological polar surface area (TPSA) is 85.1 Å². The molecule has 22 heavy (non-hydrogen) atoms. The first kappa shape index (κ1) is 14.7. The van der Waals surface area contributed by atoms with E-state index in [1.165, 1.54) is 11.3 Å². The van der Waals surface area contributed by atoms with Gasteiger partial charge in [-0.1, -0.05) is 29.4 Å². The van der Waals surface area contributed by atoms with Crippen molar-refractivity contribution in [3.8, 4) is 0 Å². The molecule has 0 aliphatic rings. The summed E-state index contributed by atoms with van der Waals surface area (Å²) in [6, 6.07) is 10.4. The fourth-order valence-electron chi connectivity index (χ4n) is 1.96. The first-order valence-electron chi connectivity index (χ1n) is 6.48. The number of nitrogens with zero attached hydrogens (tertiary/aromatic N) is 2. The van der Waals surface area contributed by atoms with Crippen molar-refractivity contribution in [2.45, 2.75) is 17.6 Å². The van der Waals surface area contributed by atoms with Gasteiger partial charge in [0.05, 0.1) is 12.1 Å². The minimum Gasteiger partial charge on any atom is -0.339 e. The highest BCUT2D eigenvalue weighted by Crippen LogP contribution is 2.24. The van der Waals surface area contributed by atoms with Gasteiger partial charge in [0.25, 0.3) is 10.0 Å². The third-order valence-electron chi connectivity index (χ3n) is 2.93. The molecule has 0 radical (unpaired) electrons. The number of hydrogen-bond acceptors (Lipinski definition) is 6. The Kier molecular flexibility index (Phi) is 3.95. The summed E-state index contributed by atoms with van der Waals surface area (Å²) in [6.45, 7) is 1.73. The fourth-order valence-corrected chi connectivity index (χ4v) is 4.05. The van der Waals surface area contributed by atoms with Crippen molar-refractivity contribution in [3.05, 3.63) is 59.1 Å². The van der Waals surface area contributed by atoms with E-state index in [0.717, 1.165) is 5.56 Å². The molecule has 6 nitrogen and oxygen atoms in total. The molecule has 0 fully saturated rings. The number of benzene rings is 1. The number of thiophene rings is 1. The van der Waals surface area contributed by atoms with E-state index in [1.807, 2.05) is 12.1 Å². The van der Waals surface area contributed by atoms with Crippen molar-refractivity contribution in [2.24, 2.45) is 0 Å². The highest BCUT2D eigenvalue weighted by atomic mass is 32.2. The van der Waals surface area contributed by atoms with Gasteiger partial charge in [-0.15, -0.1) is 11.3 Å². The van der Waals surface area contributed by atoms with Gasteiger partial charge in [0.1, 0.15) is 4.21 Å². The van der Waals surface area contributed by atoms with E-state index in [9.17, 15) is 8.42 Å². The number of rotatable bonds is 5. The van der Waals surface area contributed by atoms with E-state index in [4.69, 9.17) is 4.52 Å². The minimum absolute atomic E-state index is 0.274. The Balaban J connectivity index is 1.88. The molecule has 0 amide bonds. The van der Waals surface area contributed by atoms with E-state index in [1.54, 1.807) is 36.6 Å². The summed E-state index contributed by atoms with van der Waals surface area (Å²) in [5, 5.41) is 5.46. The highest BCUT2D eigenvalue weighted by molar-refractivity contribution is 7.94. The van der Waals surface area contributed by atoms with Crippen molar-refractivity contribution in [1.29, 1.82) is 0 Å². The molecule has 3 aromatic rings. The van der Waals surface area contributed by atoms with Gasteiger partial charge in [-0.25, -0.2) is 8.42 Å². The summed E-state index contributed by atoms with van der Waals surface area (Å²) >= 11 is 1.17. The molecule has 3 rings (SSSR count). The Bertz CT molecular complexity index is 870. The monoisotopic (exact) mass is 335 g/mol. The quantitative estimate of drug-likeness (QED) is 0.775. The molecular weight excluding hydrogens is 322 g/mol. The Morgan fingerprint density at radius 2 is 2.05 bits per heavy atom. The Morgan fingerprint density at radius 3 is 2.73 bits per heavy atom. The number of sulfonamides is 1. The van der Waals surface area contributed by atoms with Gasteiger partial charge in [0.2, 0.25) is 5.89 Å².